The number of carbonyl (C=O) groups excluding carboxylic acids is 5. The molecule has 2 aromatic carbocycles. The van der Waals surface area contributed by atoms with E-state index in [1.807, 2.05) is 62.3 Å². The normalized spacial score (nSPS) is 23.1. The average molecular weight is 950 g/mol. The minimum absolute atomic E-state index is 0.0996. The van der Waals surface area contributed by atoms with Gasteiger partial charge in [0.15, 0.2) is 0 Å². The van der Waals surface area contributed by atoms with Gasteiger partial charge in [-0.15, -0.1) is 0 Å². The van der Waals surface area contributed by atoms with Gasteiger partial charge in [0.05, 0.1) is 28.3 Å². The van der Waals surface area contributed by atoms with E-state index in [0.717, 1.165) is 116 Å². The molecule has 20 nitrogen and oxygen atoms in total. The Morgan fingerprint density at radius 2 is 1.60 bits per heavy atom. The van der Waals surface area contributed by atoms with Crippen LogP contribution < -0.4 is 25.3 Å². The zero-order valence-electron chi connectivity index (χ0n) is 40.1. The number of anilines is 4. The maximum Gasteiger partial charge on any atom is 0.262 e. The Hall–Kier alpha value is -7.06. The highest BCUT2D eigenvalue weighted by Gasteiger charge is 2.45. The topological polar surface area (TPSA) is 214 Å². The summed E-state index contributed by atoms with van der Waals surface area (Å²) in [5.41, 5.74) is 6.24. The van der Waals surface area contributed by atoms with E-state index < -0.39 is 23.8 Å². The molecule has 9 heterocycles. The summed E-state index contributed by atoms with van der Waals surface area (Å²) in [6.45, 7) is 15.1. The van der Waals surface area contributed by atoms with Crippen LogP contribution in [0.4, 0.5) is 23.1 Å². The standard InChI is InChI=1S/C50H59N15O5/c1-29-26-63(42-23-34(11-16-51-42)45-39-24-35(5-8-40(39)54-55-45)52-47(68)44-30(2)59(4)50-56-57-58-65(50)31(44)3)22-21-62(29)28-33-12-17-60(18-13-33)27-32-14-19-61(20-15-32)36-6-7-37-38(25-36)49(70)64(48(37)69)41-9-10-43(66)53-46(41)67/h5-8,11,16,23-25,29,31-33,41H,9-10,12-15,17-22,26-28H2,1-4H3,(H,52,68)(H,54,55)(H,53,66,67)/t29-,31+,41?/m0/s1. The van der Waals surface area contributed by atoms with Crippen LogP contribution in [0.2, 0.25) is 0 Å². The lowest BCUT2D eigenvalue weighted by atomic mass is 9.92. The number of fused-ring (bicyclic) bond motifs is 3. The van der Waals surface area contributed by atoms with Crippen LogP contribution in [0.3, 0.4) is 0 Å². The summed E-state index contributed by atoms with van der Waals surface area (Å²) in [4.78, 5) is 82.2. The van der Waals surface area contributed by atoms with Crippen molar-refractivity contribution in [1.29, 1.82) is 0 Å². The zero-order chi connectivity index (χ0) is 48.4. The molecular formula is C50H59N15O5. The number of tetrazole rings is 1. The van der Waals surface area contributed by atoms with Gasteiger partial charge in [0.2, 0.25) is 17.8 Å². The lowest BCUT2D eigenvalue weighted by molar-refractivity contribution is -0.136. The second-order valence-electron chi connectivity index (χ2n) is 20.0. The van der Waals surface area contributed by atoms with Crippen LogP contribution in [0.1, 0.15) is 86.1 Å². The minimum Gasteiger partial charge on any atom is -0.371 e. The van der Waals surface area contributed by atoms with Crippen LogP contribution >= 0.6 is 0 Å². The van der Waals surface area contributed by atoms with Gasteiger partial charge in [-0.05, 0) is 137 Å². The summed E-state index contributed by atoms with van der Waals surface area (Å²) in [5, 5.41) is 26.2. The Labute approximate surface area is 405 Å². The van der Waals surface area contributed by atoms with Crippen molar-refractivity contribution in [3.05, 3.63) is 77.1 Å². The number of piperazine rings is 1. The molecule has 4 fully saturated rings. The van der Waals surface area contributed by atoms with E-state index in [-0.39, 0.29) is 30.7 Å². The first-order valence-corrected chi connectivity index (χ1v) is 24.7. The Morgan fingerprint density at radius 3 is 2.39 bits per heavy atom. The van der Waals surface area contributed by atoms with Crippen molar-refractivity contribution >= 4 is 63.6 Å². The van der Waals surface area contributed by atoms with Gasteiger partial charge in [0, 0.05) is 99.5 Å². The number of rotatable bonds is 10. The number of piperidine rings is 3. The SMILES string of the molecule is CC1=C(C(=O)Nc2ccc3[nH]nc(-c4ccnc(N5CCN(CC6CCN(CC7CCN(c8ccc9c(c8)C(=O)N(C8CCC(=O)NC8=O)C9=O)CC7)CC6)[C@@H](C)C5)c4)c3c2)[C@@H](C)n2nnnc2N1C. The monoisotopic (exact) mass is 949 g/mol. The third-order valence-electron chi connectivity index (χ3n) is 15.7. The van der Waals surface area contributed by atoms with Crippen LogP contribution in [0.5, 0.6) is 0 Å². The van der Waals surface area contributed by atoms with Crippen molar-refractivity contribution in [2.24, 2.45) is 11.8 Å². The van der Waals surface area contributed by atoms with Gasteiger partial charge < -0.3 is 24.9 Å². The van der Waals surface area contributed by atoms with Gasteiger partial charge in [-0.3, -0.25) is 44.2 Å². The molecule has 0 saturated carbocycles. The molecule has 1 unspecified atom stereocenters. The highest BCUT2D eigenvalue weighted by atomic mass is 16.2. The number of amides is 5. The average Bonchev–Trinajstić information content (AvgIpc) is 4.09. The van der Waals surface area contributed by atoms with Crippen molar-refractivity contribution in [3.8, 4) is 11.3 Å². The fraction of sp³-hybridized carbons (Fsp3) is 0.480. The summed E-state index contributed by atoms with van der Waals surface area (Å²) in [6.07, 6.45) is 6.63. The molecule has 11 rings (SSSR count). The third-order valence-corrected chi connectivity index (χ3v) is 15.7. The molecule has 20 heteroatoms. The summed E-state index contributed by atoms with van der Waals surface area (Å²) < 4.78 is 1.65. The second kappa shape index (κ2) is 18.4. The van der Waals surface area contributed by atoms with E-state index >= 15 is 0 Å². The number of hydrogen-bond donors (Lipinski definition) is 3. The molecule has 0 aliphatic carbocycles. The molecule has 0 spiro atoms. The quantitative estimate of drug-likeness (QED) is 0.168. The Kier molecular flexibility index (Phi) is 11.9. The summed E-state index contributed by atoms with van der Waals surface area (Å²) in [7, 11) is 1.85. The molecule has 5 aromatic rings. The van der Waals surface area contributed by atoms with Gasteiger partial charge in [-0.1, -0.05) is 5.10 Å². The lowest BCUT2D eigenvalue weighted by Crippen LogP contribution is -2.54. The fourth-order valence-corrected chi connectivity index (χ4v) is 11.6. The molecule has 364 valence electrons. The molecule has 6 aliphatic heterocycles. The number of allylic oxidation sites excluding steroid dienone is 1. The number of nitrogens with zero attached hydrogens (tertiary/aromatic N) is 12. The summed E-state index contributed by atoms with van der Waals surface area (Å²) >= 11 is 0. The predicted octanol–water partition coefficient (Wildman–Crippen LogP) is 4.08. The van der Waals surface area contributed by atoms with E-state index in [1.165, 1.54) is 12.8 Å². The highest BCUT2D eigenvalue weighted by Crippen LogP contribution is 2.36. The van der Waals surface area contributed by atoms with Crippen LogP contribution in [0.25, 0.3) is 22.2 Å². The van der Waals surface area contributed by atoms with Gasteiger partial charge in [0.1, 0.15) is 17.6 Å². The number of likely N-dealkylation sites (tertiary alicyclic amines) is 1. The highest BCUT2D eigenvalue weighted by molar-refractivity contribution is 6.23. The maximum absolute atomic E-state index is 13.7. The number of nitrogens with one attached hydrogen (secondary N) is 3. The number of H-pyrrole nitrogens is 1. The van der Waals surface area contributed by atoms with Crippen LogP contribution in [-0.4, -0.2) is 158 Å². The van der Waals surface area contributed by atoms with Crippen molar-refractivity contribution in [3.63, 3.8) is 0 Å². The Balaban J connectivity index is 0.645. The first kappa shape index (κ1) is 45.4. The number of benzene rings is 2. The van der Waals surface area contributed by atoms with Gasteiger partial charge in [-0.25, -0.2) is 9.67 Å². The van der Waals surface area contributed by atoms with Crippen LogP contribution in [-0.2, 0) is 14.4 Å². The zero-order valence-corrected chi connectivity index (χ0v) is 40.1. The van der Waals surface area contributed by atoms with Crippen molar-refractivity contribution < 1.29 is 24.0 Å². The van der Waals surface area contributed by atoms with E-state index in [1.54, 1.807) is 16.8 Å². The van der Waals surface area contributed by atoms with Gasteiger partial charge in [0.25, 0.3) is 17.7 Å². The summed E-state index contributed by atoms with van der Waals surface area (Å²) in [6, 6.07) is 14.4. The number of imide groups is 2. The number of aromatic nitrogens is 7. The van der Waals surface area contributed by atoms with Gasteiger partial charge >= 0.3 is 0 Å². The van der Waals surface area contributed by atoms with E-state index in [0.29, 0.717) is 46.2 Å². The van der Waals surface area contributed by atoms with Crippen molar-refractivity contribution in [1.82, 2.24) is 55.4 Å². The smallest absolute Gasteiger partial charge is 0.262 e. The molecular weight excluding hydrogens is 891 g/mol. The third kappa shape index (κ3) is 8.35. The molecule has 3 atom stereocenters. The van der Waals surface area contributed by atoms with E-state index in [4.69, 9.17) is 10.1 Å². The maximum atomic E-state index is 13.7. The first-order chi connectivity index (χ1) is 33.9. The molecule has 6 aliphatic rings. The number of carbonyl (C=O) groups is 5. The van der Waals surface area contributed by atoms with Crippen molar-refractivity contribution in [2.45, 2.75) is 77.4 Å². The Morgan fingerprint density at radius 1 is 0.829 bits per heavy atom. The molecule has 3 N–H and O–H groups in total. The molecule has 3 aromatic heterocycles. The number of pyridine rings is 1. The molecule has 4 saturated heterocycles. The van der Waals surface area contributed by atoms with Crippen LogP contribution in [0, 0.1) is 11.8 Å². The predicted molar refractivity (Wildman–Crippen MR) is 262 cm³/mol. The Bertz CT molecular complexity index is 2930. The number of hydrogen-bond acceptors (Lipinski definition) is 15. The summed E-state index contributed by atoms with van der Waals surface area (Å²) in [5.74, 6) is 0.673. The molecule has 5 amide bonds. The van der Waals surface area contributed by atoms with Crippen molar-refractivity contribution in [2.75, 3.05) is 86.0 Å². The molecule has 70 heavy (non-hydrogen) atoms. The molecule has 0 bridgehead atoms. The van der Waals surface area contributed by atoms with E-state index in [9.17, 15) is 24.0 Å². The number of aromatic amines is 1. The first-order valence-electron chi connectivity index (χ1n) is 24.7. The van der Waals surface area contributed by atoms with Crippen LogP contribution in [0.15, 0.2) is 66.0 Å². The minimum atomic E-state index is -0.964. The van der Waals surface area contributed by atoms with E-state index in [2.05, 4.69) is 63.8 Å². The second-order valence-corrected chi connectivity index (χ2v) is 20.0. The van der Waals surface area contributed by atoms with Gasteiger partial charge in [-0.2, -0.15) is 5.10 Å². The lowest BCUT2D eigenvalue weighted by Gasteiger charge is -2.43. The molecule has 0 radical (unpaired) electrons. The fourth-order valence-electron chi connectivity index (χ4n) is 11.6. The largest absolute Gasteiger partial charge is 0.371 e.